The first-order chi connectivity index (χ1) is 17.0. The van der Waals surface area contributed by atoms with Crippen LogP contribution in [0.4, 0.5) is 23.8 Å². The Bertz CT molecular complexity index is 1330. The number of nitrogens with zero attached hydrogens (tertiary/aromatic N) is 5. The molecule has 0 aliphatic carbocycles. The van der Waals surface area contributed by atoms with Crippen molar-refractivity contribution in [1.82, 2.24) is 19.7 Å². The minimum absolute atomic E-state index is 0.169. The quantitative estimate of drug-likeness (QED) is 0.405. The van der Waals surface area contributed by atoms with Crippen LogP contribution in [0.2, 0.25) is 0 Å². The van der Waals surface area contributed by atoms with Crippen molar-refractivity contribution in [1.29, 1.82) is 0 Å². The molecule has 3 heterocycles. The van der Waals surface area contributed by atoms with E-state index < -0.39 is 40.7 Å². The van der Waals surface area contributed by atoms with Crippen molar-refractivity contribution in [2.75, 3.05) is 11.5 Å². The number of imide groups is 1. The lowest BCUT2D eigenvalue weighted by Gasteiger charge is -2.26. The average molecular weight is 501 g/mol. The molecule has 0 saturated carbocycles. The van der Waals surface area contributed by atoms with Crippen molar-refractivity contribution in [3.63, 3.8) is 0 Å². The molecule has 188 valence electrons. The van der Waals surface area contributed by atoms with Crippen LogP contribution < -0.4 is 9.64 Å². The Labute approximate surface area is 204 Å². The molecule has 2 aromatic heterocycles. The molecule has 0 atom stereocenters. The number of carbonyl (C=O) groups excluding carboxylic acids is 2. The second-order valence-electron chi connectivity index (χ2n) is 8.77. The highest BCUT2D eigenvalue weighted by atomic mass is 19.4. The maximum atomic E-state index is 13.8. The molecular weight excluding hydrogens is 479 g/mol. The monoisotopic (exact) mass is 501 g/mol. The van der Waals surface area contributed by atoms with Gasteiger partial charge in [-0.05, 0) is 51.1 Å². The molecule has 1 aliphatic heterocycles. The van der Waals surface area contributed by atoms with E-state index in [0.717, 1.165) is 18.2 Å². The Balaban J connectivity index is 1.94. The van der Waals surface area contributed by atoms with E-state index >= 15 is 0 Å². The molecule has 4 rings (SSSR count). The number of hydrogen-bond donors (Lipinski definition) is 0. The van der Waals surface area contributed by atoms with Gasteiger partial charge in [0, 0.05) is 6.54 Å². The van der Waals surface area contributed by atoms with Crippen LogP contribution in [-0.4, -0.2) is 44.0 Å². The Kier molecular flexibility index (Phi) is 6.53. The van der Waals surface area contributed by atoms with Gasteiger partial charge in [0.1, 0.15) is 35.8 Å². The summed E-state index contributed by atoms with van der Waals surface area (Å²) in [5.74, 6) is -1.61. The fraction of sp³-hybridized carbons (Fsp3) is 0.292. The van der Waals surface area contributed by atoms with Gasteiger partial charge in [0.2, 0.25) is 0 Å². The number of halogens is 3. The van der Waals surface area contributed by atoms with Gasteiger partial charge in [-0.25, -0.2) is 9.78 Å². The molecule has 1 aromatic carbocycles. The molecule has 2 amide bonds. The van der Waals surface area contributed by atoms with E-state index in [1.807, 2.05) is 0 Å². The number of hydrogen-bond acceptors (Lipinski definition) is 7. The van der Waals surface area contributed by atoms with Crippen molar-refractivity contribution in [3.05, 3.63) is 66.0 Å². The van der Waals surface area contributed by atoms with Crippen molar-refractivity contribution in [2.45, 2.75) is 39.1 Å². The van der Waals surface area contributed by atoms with E-state index in [-0.39, 0.29) is 24.7 Å². The van der Waals surface area contributed by atoms with Gasteiger partial charge >= 0.3 is 12.3 Å². The van der Waals surface area contributed by atoms with Gasteiger partial charge in [-0.2, -0.15) is 18.1 Å². The summed E-state index contributed by atoms with van der Waals surface area (Å²) in [7, 11) is 0. The van der Waals surface area contributed by atoms with Crippen molar-refractivity contribution in [2.24, 2.45) is 0 Å². The summed E-state index contributed by atoms with van der Waals surface area (Å²) in [5.41, 5.74) is -2.35. The molecule has 1 aliphatic rings. The number of fused-ring (bicyclic) bond motifs is 5. The highest BCUT2D eigenvalue weighted by Crippen LogP contribution is 2.39. The van der Waals surface area contributed by atoms with Crippen LogP contribution in [0.3, 0.4) is 0 Å². The summed E-state index contributed by atoms with van der Waals surface area (Å²) in [6.45, 7) is 4.80. The van der Waals surface area contributed by atoms with Gasteiger partial charge in [-0.15, -0.1) is 10.2 Å². The molecule has 0 spiro atoms. The van der Waals surface area contributed by atoms with E-state index in [0.29, 0.717) is 10.7 Å². The number of para-hydroxylation sites is 1. The third-order valence-corrected chi connectivity index (χ3v) is 4.93. The molecule has 12 heteroatoms. The predicted molar refractivity (Wildman–Crippen MR) is 122 cm³/mol. The first-order valence-corrected chi connectivity index (χ1v) is 10.9. The van der Waals surface area contributed by atoms with Gasteiger partial charge in [0.05, 0.1) is 11.1 Å². The Morgan fingerprint density at radius 1 is 1.08 bits per heavy atom. The smallest absolute Gasteiger partial charge is 0.423 e. The number of alkyl halides is 3. The zero-order valence-corrected chi connectivity index (χ0v) is 19.6. The molecule has 0 unspecified atom stereocenters. The first kappa shape index (κ1) is 24.9. The Morgan fingerprint density at radius 3 is 2.56 bits per heavy atom. The summed E-state index contributed by atoms with van der Waals surface area (Å²) in [4.78, 5) is 31.9. The fourth-order valence-corrected chi connectivity index (χ4v) is 3.44. The van der Waals surface area contributed by atoms with Gasteiger partial charge in [0.15, 0.2) is 5.82 Å². The topological polar surface area (TPSA) is 99.4 Å². The van der Waals surface area contributed by atoms with E-state index in [2.05, 4.69) is 15.2 Å². The number of benzene rings is 1. The normalized spacial score (nSPS) is 15.3. The summed E-state index contributed by atoms with van der Waals surface area (Å²) < 4.78 is 53.9. The number of allylic oxidation sites excluding steroid dienone is 1. The predicted octanol–water partition coefficient (Wildman–Crippen LogP) is 4.89. The second kappa shape index (κ2) is 9.44. The minimum atomic E-state index is -4.81. The zero-order chi connectivity index (χ0) is 26.1. The van der Waals surface area contributed by atoms with E-state index in [1.165, 1.54) is 24.5 Å². The largest absolute Gasteiger partial charge is 0.488 e. The van der Waals surface area contributed by atoms with Crippen LogP contribution in [0.25, 0.3) is 11.5 Å². The van der Waals surface area contributed by atoms with Gasteiger partial charge in [0.25, 0.3) is 5.91 Å². The standard InChI is InChI=1S/C24H22F3N5O4/c1-23(2,3)36-22(34)32-18-11-7-10-17(29-18)20-30-28-14-31(20)12-4-5-13-35-19-15(21(32)33)8-6-9-16(19)24(25,26)27/h4-11,14H,12-13H2,1-3H3/b5-4-. The van der Waals surface area contributed by atoms with Gasteiger partial charge in [-0.1, -0.05) is 18.2 Å². The van der Waals surface area contributed by atoms with Crippen LogP contribution in [-0.2, 0) is 17.5 Å². The fourth-order valence-electron chi connectivity index (χ4n) is 3.44. The lowest BCUT2D eigenvalue weighted by molar-refractivity contribution is -0.138. The first-order valence-electron chi connectivity index (χ1n) is 10.9. The maximum absolute atomic E-state index is 13.8. The maximum Gasteiger partial charge on any atom is 0.423 e. The molecule has 36 heavy (non-hydrogen) atoms. The molecule has 2 bridgehead atoms. The van der Waals surface area contributed by atoms with Crippen LogP contribution in [0.1, 0.15) is 36.7 Å². The molecule has 3 aromatic rings. The highest BCUT2D eigenvalue weighted by molar-refractivity contribution is 6.20. The molecule has 0 N–H and O–H groups in total. The van der Waals surface area contributed by atoms with Gasteiger partial charge < -0.3 is 14.0 Å². The summed E-state index contributed by atoms with van der Waals surface area (Å²) in [6.07, 6.45) is -1.31. The lowest BCUT2D eigenvalue weighted by Crippen LogP contribution is -2.42. The molecular formula is C24H22F3N5O4. The third-order valence-electron chi connectivity index (χ3n) is 4.93. The lowest BCUT2D eigenvalue weighted by atomic mass is 10.1. The Morgan fingerprint density at radius 2 is 1.83 bits per heavy atom. The van der Waals surface area contributed by atoms with Crippen molar-refractivity contribution in [3.8, 4) is 17.3 Å². The second-order valence-corrected chi connectivity index (χ2v) is 8.77. The van der Waals surface area contributed by atoms with E-state index in [1.54, 1.807) is 37.5 Å². The minimum Gasteiger partial charge on any atom is -0.488 e. The van der Waals surface area contributed by atoms with Crippen LogP contribution >= 0.6 is 0 Å². The molecule has 9 nitrogen and oxygen atoms in total. The molecule has 0 fully saturated rings. The van der Waals surface area contributed by atoms with E-state index in [9.17, 15) is 22.8 Å². The summed E-state index contributed by atoms with van der Waals surface area (Å²) >= 11 is 0. The zero-order valence-electron chi connectivity index (χ0n) is 19.6. The number of amides is 2. The van der Waals surface area contributed by atoms with Crippen LogP contribution in [0.5, 0.6) is 5.75 Å². The summed E-state index contributed by atoms with van der Waals surface area (Å²) in [6, 6.07) is 7.54. The molecule has 0 radical (unpaired) electrons. The van der Waals surface area contributed by atoms with Gasteiger partial charge in [-0.3, -0.25) is 4.79 Å². The number of carbonyl (C=O) groups is 2. The van der Waals surface area contributed by atoms with Crippen molar-refractivity contribution >= 4 is 17.8 Å². The summed E-state index contributed by atoms with van der Waals surface area (Å²) in [5, 5.41) is 7.95. The highest BCUT2D eigenvalue weighted by Gasteiger charge is 2.39. The average Bonchev–Trinajstić information content (AvgIpc) is 3.25. The SMILES string of the molecule is CC(C)(C)OC(=O)N1C(=O)c2cccc(C(F)(F)F)c2OC/C=C\Cn2cnnc2-c2cccc1n2. The van der Waals surface area contributed by atoms with E-state index in [4.69, 9.17) is 9.47 Å². The number of aromatic nitrogens is 4. The molecule has 0 saturated heterocycles. The van der Waals surface area contributed by atoms with Crippen LogP contribution in [0, 0.1) is 0 Å². The number of pyridine rings is 1. The number of rotatable bonds is 0. The Hall–Kier alpha value is -4.22. The number of anilines is 1. The number of ether oxygens (including phenoxy) is 2. The van der Waals surface area contributed by atoms with Crippen LogP contribution in [0.15, 0.2) is 54.9 Å². The van der Waals surface area contributed by atoms with Crippen molar-refractivity contribution < 1.29 is 32.2 Å². The third kappa shape index (κ3) is 5.21.